The van der Waals surface area contributed by atoms with E-state index < -0.39 is 12.0 Å². The molecule has 0 aliphatic rings. The highest BCUT2D eigenvalue weighted by atomic mass is 19.1. The average Bonchev–Trinajstić information content (AvgIpc) is 2.75. The van der Waals surface area contributed by atoms with Crippen LogP contribution in [-0.2, 0) is 9.53 Å². The molecule has 0 radical (unpaired) electrons. The van der Waals surface area contributed by atoms with Gasteiger partial charge in [-0.15, -0.1) is 0 Å². The third-order valence-corrected chi connectivity index (χ3v) is 4.67. The molecule has 0 unspecified atom stereocenters. The van der Waals surface area contributed by atoms with Crippen LogP contribution in [0.3, 0.4) is 0 Å². The number of ether oxygens (including phenoxy) is 2. The molecule has 0 heterocycles. The summed E-state index contributed by atoms with van der Waals surface area (Å²) in [4.78, 5) is 13.0. The fourth-order valence-electron chi connectivity index (χ4n) is 3.25. The molecular formula is C24H24FNO3. The lowest BCUT2D eigenvalue weighted by Gasteiger charge is -2.28. The van der Waals surface area contributed by atoms with Crippen molar-refractivity contribution in [1.29, 1.82) is 0 Å². The van der Waals surface area contributed by atoms with Crippen molar-refractivity contribution < 1.29 is 18.7 Å². The molecular weight excluding hydrogens is 369 g/mol. The Morgan fingerprint density at radius 1 is 0.931 bits per heavy atom. The number of carbonyl (C=O) groups excluding carboxylic acids is 1. The number of benzene rings is 3. The molecule has 0 aromatic heterocycles. The molecule has 0 bridgehead atoms. The zero-order valence-electron chi connectivity index (χ0n) is 16.5. The van der Waals surface area contributed by atoms with E-state index in [2.05, 4.69) is 5.32 Å². The summed E-state index contributed by atoms with van der Waals surface area (Å²) in [6.07, 6.45) is 0. The predicted molar refractivity (Wildman–Crippen MR) is 112 cm³/mol. The van der Waals surface area contributed by atoms with E-state index in [1.807, 2.05) is 54.6 Å². The highest BCUT2D eigenvalue weighted by Gasteiger charge is 2.32. The van der Waals surface area contributed by atoms with Gasteiger partial charge in [-0.3, -0.25) is 4.79 Å². The monoisotopic (exact) mass is 393 g/mol. The van der Waals surface area contributed by atoms with Crippen molar-refractivity contribution in [3.05, 3.63) is 95.8 Å². The molecule has 5 heteroatoms. The van der Waals surface area contributed by atoms with Crippen molar-refractivity contribution in [3.8, 4) is 5.75 Å². The number of methoxy groups -OCH3 is 1. The van der Waals surface area contributed by atoms with E-state index in [-0.39, 0.29) is 18.4 Å². The van der Waals surface area contributed by atoms with Gasteiger partial charge in [-0.1, -0.05) is 42.5 Å². The second-order valence-corrected chi connectivity index (χ2v) is 6.54. The Balaban J connectivity index is 2.04. The SMILES string of the molecule is CCOC(=O)[C@H](c1ccccc1)[C@@H](Nc1ccc(OC)cc1)c1ccc(F)cc1. The standard InChI is InChI=1S/C24H24FNO3/c1-3-29-24(27)22(17-7-5-4-6-8-17)23(18-9-11-19(25)12-10-18)26-20-13-15-21(28-2)16-14-20/h4-16,22-23,26H,3H2,1-2H3/t22-,23+/m1/s1. The van der Waals surface area contributed by atoms with Gasteiger partial charge in [-0.05, 0) is 54.4 Å². The second kappa shape index (κ2) is 9.73. The zero-order chi connectivity index (χ0) is 20.6. The Labute approximate surface area is 170 Å². The summed E-state index contributed by atoms with van der Waals surface area (Å²) in [5.41, 5.74) is 2.41. The summed E-state index contributed by atoms with van der Waals surface area (Å²) in [6, 6.07) is 22.6. The van der Waals surface area contributed by atoms with Crippen LogP contribution in [0.25, 0.3) is 0 Å². The molecule has 0 fully saturated rings. The third-order valence-electron chi connectivity index (χ3n) is 4.67. The molecule has 0 saturated carbocycles. The van der Waals surface area contributed by atoms with Crippen LogP contribution in [0.2, 0.25) is 0 Å². The molecule has 0 aliphatic heterocycles. The lowest BCUT2D eigenvalue weighted by Crippen LogP contribution is -2.28. The van der Waals surface area contributed by atoms with Crippen molar-refractivity contribution in [2.45, 2.75) is 18.9 Å². The maximum atomic E-state index is 13.5. The number of esters is 1. The molecule has 0 aliphatic carbocycles. The quantitative estimate of drug-likeness (QED) is 0.525. The first-order valence-electron chi connectivity index (χ1n) is 9.50. The largest absolute Gasteiger partial charge is 0.497 e. The molecule has 3 rings (SSSR count). The molecule has 150 valence electrons. The molecule has 3 aromatic carbocycles. The number of anilines is 1. The number of rotatable bonds is 8. The maximum absolute atomic E-state index is 13.5. The van der Waals surface area contributed by atoms with Crippen LogP contribution in [0.5, 0.6) is 5.75 Å². The maximum Gasteiger partial charge on any atom is 0.315 e. The molecule has 2 atom stereocenters. The predicted octanol–water partition coefficient (Wildman–Crippen LogP) is 5.33. The van der Waals surface area contributed by atoms with Gasteiger partial charge in [0.05, 0.1) is 19.8 Å². The Kier molecular flexibility index (Phi) is 6.85. The lowest BCUT2D eigenvalue weighted by atomic mass is 9.86. The minimum absolute atomic E-state index is 0.279. The zero-order valence-corrected chi connectivity index (χ0v) is 16.5. The first-order valence-corrected chi connectivity index (χ1v) is 9.50. The van der Waals surface area contributed by atoms with Gasteiger partial charge in [0.15, 0.2) is 0 Å². The van der Waals surface area contributed by atoms with E-state index >= 15 is 0 Å². The first-order chi connectivity index (χ1) is 14.1. The van der Waals surface area contributed by atoms with Gasteiger partial charge in [0.2, 0.25) is 0 Å². The Morgan fingerprint density at radius 3 is 2.17 bits per heavy atom. The third kappa shape index (κ3) is 5.13. The fourth-order valence-corrected chi connectivity index (χ4v) is 3.25. The van der Waals surface area contributed by atoms with E-state index in [9.17, 15) is 9.18 Å². The van der Waals surface area contributed by atoms with Gasteiger partial charge in [-0.2, -0.15) is 0 Å². The number of carbonyl (C=O) groups is 1. The average molecular weight is 393 g/mol. The van der Waals surface area contributed by atoms with Gasteiger partial charge in [0.25, 0.3) is 0 Å². The van der Waals surface area contributed by atoms with Gasteiger partial charge in [0, 0.05) is 5.69 Å². The molecule has 0 spiro atoms. The minimum Gasteiger partial charge on any atom is -0.497 e. The normalized spacial score (nSPS) is 12.7. The van der Waals surface area contributed by atoms with Crippen molar-refractivity contribution >= 4 is 11.7 Å². The Morgan fingerprint density at radius 2 is 1.59 bits per heavy atom. The molecule has 4 nitrogen and oxygen atoms in total. The van der Waals surface area contributed by atoms with Crippen LogP contribution < -0.4 is 10.1 Å². The van der Waals surface area contributed by atoms with Gasteiger partial charge in [-0.25, -0.2) is 4.39 Å². The van der Waals surface area contributed by atoms with E-state index in [0.29, 0.717) is 0 Å². The smallest absolute Gasteiger partial charge is 0.315 e. The minimum atomic E-state index is -0.608. The van der Waals surface area contributed by atoms with Crippen LogP contribution in [0.1, 0.15) is 30.0 Å². The summed E-state index contributed by atoms with van der Waals surface area (Å²) in [5, 5.41) is 3.43. The van der Waals surface area contributed by atoms with Crippen molar-refractivity contribution in [2.75, 3.05) is 19.0 Å². The summed E-state index contributed by atoms with van der Waals surface area (Å²) in [6.45, 7) is 2.06. The lowest BCUT2D eigenvalue weighted by molar-refractivity contribution is -0.145. The number of nitrogens with one attached hydrogen (secondary N) is 1. The van der Waals surface area contributed by atoms with E-state index in [4.69, 9.17) is 9.47 Å². The number of hydrogen-bond donors (Lipinski definition) is 1. The summed E-state index contributed by atoms with van der Waals surface area (Å²) < 4.78 is 24.1. The van der Waals surface area contributed by atoms with Crippen molar-refractivity contribution in [3.63, 3.8) is 0 Å². The van der Waals surface area contributed by atoms with Gasteiger partial charge < -0.3 is 14.8 Å². The highest BCUT2D eigenvalue weighted by Crippen LogP contribution is 2.35. The molecule has 3 aromatic rings. The topological polar surface area (TPSA) is 47.6 Å². The van der Waals surface area contributed by atoms with Gasteiger partial charge in [0.1, 0.15) is 17.5 Å². The summed E-state index contributed by atoms with van der Waals surface area (Å²) >= 11 is 0. The van der Waals surface area contributed by atoms with Crippen molar-refractivity contribution in [1.82, 2.24) is 0 Å². The van der Waals surface area contributed by atoms with Crippen LogP contribution in [0, 0.1) is 5.82 Å². The van der Waals surface area contributed by atoms with Crippen LogP contribution >= 0.6 is 0 Å². The number of halogens is 1. The Hall–Kier alpha value is -3.34. The van der Waals surface area contributed by atoms with Crippen LogP contribution in [0.15, 0.2) is 78.9 Å². The summed E-state index contributed by atoms with van der Waals surface area (Å²) in [7, 11) is 1.61. The first kappa shape index (κ1) is 20.4. The molecule has 1 N–H and O–H groups in total. The van der Waals surface area contributed by atoms with Crippen LogP contribution in [-0.4, -0.2) is 19.7 Å². The molecule has 0 amide bonds. The summed E-state index contributed by atoms with van der Waals surface area (Å²) in [5.74, 6) is -0.541. The van der Waals surface area contributed by atoms with E-state index in [1.165, 1.54) is 12.1 Å². The highest BCUT2D eigenvalue weighted by molar-refractivity contribution is 5.80. The number of hydrogen-bond acceptors (Lipinski definition) is 4. The second-order valence-electron chi connectivity index (χ2n) is 6.54. The molecule has 0 saturated heterocycles. The molecule has 29 heavy (non-hydrogen) atoms. The van der Waals surface area contributed by atoms with E-state index in [0.717, 1.165) is 22.6 Å². The van der Waals surface area contributed by atoms with E-state index in [1.54, 1.807) is 26.2 Å². The fraction of sp³-hybridized carbons (Fsp3) is 0.208. The van der Waals surface area contributed by atoms with Crippen LogP contribution in [0.4, 0.5) is 10.1 Å². The van der Waals surface area contributed by atoms with Gasteiger partial charge >= 0.3 is 5.97 Å². The van der Waals surface area contributed by atoms with Crippen molar-refractivity contribution in [2.24, 2.45) is 0 Å². The Bertz CT molecular complexity index is 911.